The summed E-state index contributed by atoms with van der Waals surface area (Å²) in [7, 11) is 0. The molecule has 0 saturated heterocycles. The third-order valence-corrected chi connectivity index (χ3v) is 4.25. The van der Waals surface area contributed by atoms with Gasteiger partial charge in [-0.3, -0.25) is 0 Å². The van der Waals surface area contributed by atoms with Gasteiger partial charge in [0.2, 0.25) is 0 Å². The Morgan fingerprint density at radius 1 is 1.36 bits per heavy atom. The van der Waals surface area contributed by atoms with Crippen LogP contribution in [0.2, 0.25) is 0 Å². The first-order valence-corrected chi connectivity index (χ1v) is 5.41. The number of rotatable bonds is 1. The number of halogens is 3. The molecule has 0 fully saturated rings. The van der Waals surface area contributed by atoms with Crippen molar-refractivity contribution >= 4 is 42.6 Å². The summed E-state index contributed by atoms with van der Waals surface area (Å²) in [6.07, 6.45) is 0. The molecule has 0 radical (unpaired) electrons. The molecule has 1 nitrogen and oxygen atoms in total. The molecule has 5 heteroatoms. The Balaban J connectivity index is 3.35. The van der Waals surface area contributed by atoms with E-state index in [1.165, 1.54) is 0 Å². The molecule has 0 bridgehead atoms. The Morgan fingerprint density at radius 3 is 2.55 bits per heavy atom. The molecule has 58 valence electrons. The minimum atomic E-state index is -1.35. The molecule has 1 aromatic rings. The third kappa shape index (κ3) is 2.06. The van der Waals surface area contributed by atoms with Gasteiger partial charge in [0.25, 0.3) is 0 Å². The molecule has 1 aromatic carbocycles. The van der Waals surface area contributed by atoms with E-state index in [4.69, 9.17) is 0 Å². The van der Waals surface area contributed by atoms with Gasteiger partial charge in [-0.2, -0.15) is 0 Å². The van der Waals surface area contributed by atoms with E-state index in [-0.39, 0.29) is 7.92 Å². The molecule has 0 amide bonds. The zero-order chi connectivity index (χ0) is 8.43. The quantitative estimate of drug-likeness (QED) is 0.430. The molecule has 0 aliphatic heterocycles. The number of hydrogen-bond acceptors (Lipinski definition) is 1. The maximum absolute atomic E-state index is 12.7. The monoisotopic (exact) mass is 330 g/mol. The van der Waals surface area contributed by atoms with Crippen molar-refractivity contribution in [2.24, 2.45) is 0 Å². The van der Waals surface area contributed by atoms with Crippen LogP contribution in [0, 0.1) is 15.2 Å². The van der Waals surface area contributed by atoms with E-state index in [0.717, 1.165) is 12.1 Å². The summed E-state index contributed by atoms with van der Waals surface area (Å²) < 4.78 is 36.0. The predicted octanol–water partition coefficient (Wildman–Crippen LogP) is 1.24. The Hall–Kier alpha value is 0.168. The molecule has 0 atom stereocenters. The van der Waals surface area contributed by atoms with Gasteiger partial charge in [0.15, 0.2) is 0 Å². The van der Waals surface area contributed by atoms with E-state index in [1.54, 1.807) is 22.6 Å². The second-order valence-corrected chi connectivity index (χ2v) is 4.28. The van der Waals surface area contributed by atoms with Crippen molar-refractivity contribution in [2.45, 2.75) is 0 Å². The van der Waals surface area contributed by atoms with Gasteiger partial charge in [-0.1, -0.05) is 0 Å². The van der Waals surface area contributed by atoms with Crippen LogP contribution in [0.25, 0.3) is 0 Å². The van der Waals surface area contributed by atoms with Crippen molar-refractivity contribution in [3.63, 3.8) is 0 Å². The standard InChI is InChI=1S/C6H2AsF2IO/c8-3-1-4(7-11)6(10)5(9)2-3/h1-2H. The van der Waals surface area contributed by atoms with Gasteiger partial charge in [0.1, 0.15) is 0 Å². The van der Waals surface area contributed by atoms with Gasteiger partial charge in [-0.25, -0.2) is 0 Å². The Kier molecular flexibility index (Phi) is 3.13. The van der Waals surface area contributed by atoms with E-state index < -0.39 is 27.3 Å². The van der Waals surface area contributed by atoms with Gasteiger partial charge in [-0.05, 0) is 0 Å². The average Bonchev–Trinajstić information content (AvgIpc) is 1.96. The average molecular weight is 330 g/mol. The van der Waals surface area contributed by atoms with Crippen molar-refractivity contribution in [3.8, 4) is 0 Å². The summed E-state index contributed by atoms with van der Waals surface area (Å²) in [5.41, 5.74) is 0. The van der Waals surface area contributed by atoms with Crippen LogP contribution in [-0.4, -0.2) is 15.7 Å². The topological polar surface area (TPSA) is 17.1 Å². The van der Waals surface area contributed by atoms with Crippen LogP contribution in [-0.2, 0) is 3.74 Å². The van der Waals surface area contributed by atoms with Gasteiger partial charge >= 0.3 is 82.5 Å². The molecule has 0 N–H and O–H groups in total. The van der Waals surface area contributed by atoms with E-state index in [0.29, 0.717) is 0 Å². The minimum absolute atomic E-state index is 0.249. The molecule has 0 aliphatic carbocycles. The van der Waals surface area contributed by atoms with Gasteiger partial charge in [-0.15, -0.1) is 0 Å². The molecular formula is C6H2AsF2IO. The molecular weight excluding hydrogens is 328 g/mol. The molecule has 0 spiro atoms. The summed E-state index contributed by atoms with van der Waals surface area (Å²) >= 11 is 0.352. The van der Waals surface area contributed by atoms with E-state index in [9.17, 15) is 12.5 Å². The van der Waals surface area contributed by atoms with Gasteiger partial charge < -0.3 is 0 Å². The van der Waals surface area contributed by atoms with Gasteiger partial charge in [0, 0.05) is 0 Å². The van der Waals surface area contributed by atoms with Crippen LogP contribution in [0.3, 0.4) is 0 Å². The van der Waals surface area contributed by atoms with Crippen molar-refractivity contribution in [3.05, 3.63) is 27.3 Å². The van der Waals surface area contributed by atoms with Gasteiger partial charge in [0.05, 0.1) is 0 Å². The Bertz CT molecular complexity index is 303. The van der Waals surface area contributed by atoms with E-state index in [2.05, 4.69) is 0 Å². The fourth-order valence-corrected chi connectivity index (χ4v) is 2.19. The fourth-order valence-electron chi connectivity index (χ4n) is 0.609. The summed E-state index contributed by atoms with van der Waals surface area (Å²) in [5.74, 6) is -1.32. The van der Waals surface area contributed by atoms with E-state index >= 15 is 0 Å². The zero-order valence-corrected chi connectivity index (χ0v) is 9.18. The second kappa shape index (κ2) is 3.72. The molecule has 0 aliphatic rings. The summed E-state index contributed by atoms with van der Waals surface area (Å²) in [6, 6.07) is 1.87. The van der Waals surface area contributed by atoms with Crippen molar-refractivity contribution < 1.29 is 12.5 Å². The summed E-state index contributed by atoms with van der Waals surface area (Å²) in [5, 5.41) is 0. The maximum atomic E-state index is 12.7. The summed E-state index contributed by atoms with van der Waals surface area (Å²) in [6.45, 7) is 0. The molecule has 11 heavy (non-hydrogen) atoms. The van der Waals surface area contributed by atoms with Crippen LogP contribution in [0.4, 0.5) is 8.78 Å². The summed E-state index contributed by atoms with van der Waals surface area (Å²) in [4.78, 5) is 0. The normalized spacial score (nSPS) is 10.5. The molecule has 1 rings (SSSR count). The molecule has 0 saturated carbocycles. The van der Waals surface area contributed by atoms with Crippen molar-refractivity contribution in [2.75, 3.05) is 0 Å². The zero-order valence-electron chi connectivity index (χ0n) is 5.14. The van der Waals surface area contributed by atoms with Crippen LogP contribution >= 0.6 is 22.6 Å². The van der Waals surface area contributed by atoms with Crippen molar-refractivity contribution in [1.29, 1.82) is 0 Å². The first kappa shape index (κ1) is 9.26. The van der Waals surface area contributed by atoms with Crippen LogP contribution in [0.1, 0.15) is 0 Å². The first-order valence-electron chi connectivity index (χ1n) is 2.63. The van der Waals surface area contributed by atoms with Crippen LogP contribution in [0.15, 0.2) is 12.1 Å². The SMILES string of the molecule is O=[As]c1cc(F)cc(F)c1I. The number of benzene rings is 1. The Morgan fingerprint density at radius 2 is 2.00 bits per heavy atom. The molecule has 0 heterocycles. The number of hydrogen-bond donors (Lipinski definition) is 0. The fraction of sp³-hybridized carbons (Fsp3) is 0. The predicted molar refractivity (Wildman–Crippen MR) is 45.1 cm³/mol. The van der Waals surface area contributed by atoms with Crippen LogP contribution in [0.5, 0.6) is 0 Å². The van der Waals surface area contributed by atoms with Crippen molar-refractivity contribution in [1.82, 2.24) is 0 Å². The second-order valence-electron chi connectivity index (χ2n) is 1.81. The van der Waals surface area contributed by atoms with Crippen LogP contribution < -0.4 is 4.35 Å². The molecule has 0 unspecified atom stereocenters. The molecule has 0 aromatic heterocycles. The Labute approximate surface area is 82.2 Å². The third-order valence-electron chi connectivity index (χ3n) is 1.07. The first-order chi connectivity index (χ1) is 5.15. The van der Waals surface area contributed by atoms with E-state index in [1.807, 2.05) is 0 Å².